The van der Waals surface area contributed by atoms with Gasteiger partial charge in [0.15, 0.2) is 0 Å². The molecule has 1 saturated heterocycles. The fourth-order valence-corrected chi connectivity index (χ4v) is 5.95. The van der Waals surface area contributed by atoms with Crippen molar-refractivity contribution in [2.24, 2.45) is 0 Å². The second-order valence-corrected chi connectivity index (χ2v) is 8.52. The highest BCUT2D eigenvalue weighted by molar-refractivity contribution is 9.09. The normalized spacial score (nSPS) is 22.6. The molecule has 0 aliphatic carbocycles. The van der Waals surface area contributed by atoms with Crippen LogP contribution >= 0.6 is 39.0 Å². The number of thiophene rings is 1. The average molecular weight is 374 g/mol. The summed E-state index contributed by atoms with van der Waals surface area (Å²) >= 11 is 7.25. The van der Waals surface area contributed by atoms with Gasteiger partial charge in [-0.2, -0.15) is 11.8 Å². The summed E-state index contributed by atoms with van der Waals surface area (Å²) in [6.45, 7) is 0.938. The molecule has 0 radical (unpaired) electrons. The number of hydrogen-bond acceptors (Lipinski definition) is 3. The number of aryl methyl sites for hydroxylation is 1. The predicted molar refractivity (Wildman–Crippen MR) is 91.3 cm³/mol. The molecular weight excluding hydrogens is 354 g/mol. The van der Waals surface area contributed by atoms with Gasteiger partial charge in [-0.15, -0.1) is 11.3 Å². The summed E-state index contributed by atoms with van der Waals surface area (Å²) in [4.78, 5) is 17.4. The van der Waals surface area contributed by atoms with Crippen molar-refractivity contribution >= 4 is 44.9 Å². The third-order valence-corrected chi connectivity index (χ3v) is 6.86. The van der Waals surface area contributed by atoms with Gasteiger partial charge in [-0.1, -0.05) is 15.9 Å². The molecule has 1 aromatic heterocycles. The van der Waals surface area contributed by atoms with Crippen LogP contribution in [0.25, 0.3) is 0 Å². The molecule has 2 nitrogen and oxygen atoms in total. The van der Waals surface area contributed by atoms with Gasteiger partial charge in [0, 0.05) is 28.5 Å². The van der Waals surface area contributed by atoms with Gasteiger partial charge < -0.3 is 4.90 Å². The summed E-state index contributed by atoms with van der Waals surface area (Å²) in [5, 5.41) is 0.985. The van der Waals surface area contributed by atoms with Crippen molar-refractivity contribution in [1.82, 2.24) is 4.90 Å². The van der Waals surface area contributed by atoms with E-state index in [1.54, 1.807) is 11.3 Å². The van der Waals surface area contributed by atoms with Crippen LogP contribution in [0.1, 0.15) is 45.8 Å². The van der Waals surface area contributed by atoms with Crippen molar-refractivity contribution in [3.05, 3.63) is 21.4 Å². The smallest absolute Gasteiger partial charge is 0.264 e. The molecular formula is C15H20BrNOS2. The van der Waals surface area contributed by atoms with Crippen LogP contribution < -0.4 is 0 Å². The third-order valence-electron chi connectivity index (χ3n) is 4.17. The zero-order valence-corrected chi connectivity index (χ0v) is 14.8. The van der Waals surface area contributed by atoms with Gasteiger partial charge in [0.05, 0.1) is 4.88 Å². The lowest BCUT2D eigenvalue weighted by Gasteiger charge is -2.35. The van der Waals surface area contributed by atoms with Gasteiger partial charge in [0.25, 0.3) is 5.91 Å². The lowest BCUT2D eigenvalue weighted by atomic mass is 10.00. The largest absolute Gasteiger partial charge is 0.335 e. The Morgan fingerprint density at radius 3 is 3.15 bits per heavy atom. The van der Waals surface area contributed by atoms with Crippen LogP contribution in [0.15, 0.2) is 6.07 Å². The number of hydrogen-bond donors (Lipinski definition) is 0. The van der Waals surface area contributed by atoms with E-state index < -0.39 is 0 Å². The van der Waals surface area contributed by atoms with Crippen molar-refractivity contribution in [2.45, 2.75) is 43.9 Å². The Bertz CT molecular complexity index is 463. The zero-order chi connectivity index (χ0) is 13.9. The summed E-state index contributed by atoms with van der Waals surface area (Å²) in [5.41, 5.74) is 1.41. The number of halogens is 1. The van der Waals surface area contributed by atoms with E-state index in [9.17, 15) is 4.79 Å². The fourth-order valence-electron chi connectivity index (χ4n) is 3.09. The fraction of sp³-hybridized carbons (Fsp3) is 0.667. The minimum atomic E-state index is 0.278. The highest BCUT2D eigenvalue weighted by Gasteiger charge is 2.28. The highest BCUT2D eigenvalue weighted by Crippen LogP contribution is 2.33. The van der Waals surface area contributed by atoms with Crippen LogP contribution in [-0.4, -0.2) is 34.5 Å². The number of fused-ring (bicyclic) bond motifs is 1. The van der Waals surface area contributed by atoms with Crippen LogP contribution in [0.4, 0.5) is 0 Å². The molecule has 5 heteroatoms. The standard InChI is InChI=1S/C15H20BrNOS2/c16-6-4-12-3-1-2-7-17(12)15(18)14-9-11-10-19-8-5-13(11)20-14/h9,12H,1-8,10H2. The van der Waals surface area contributed by atoms with Crippen molar-refractivity contribution < 1.29 is 4.79 Å². The number of amides is 1. The highest BCUT2D eigenvalue weighted by atomic mass is 79.9. The van der Waals surface area contributed by atoms with Gasteiger partial charge in [-0.3, -0.25) is 4.79 Å². The first kappa shape index (κ1) is 14.9. The molecule has 1 amide bonds. The maximum atomic E-state index is 12.8. The van der Waals surface area contributed by atoms with E-state index in [0.717, 1.165) is 48.2 Å². The SMILES string of the molecule is O=C(c1cc2c(s1)CCSC2)N1CCCCC1CCBr. The number of thioether (sulfide) groups is 1. The van der Waals surface area contributed by atoms with E-state index in [4.69, 9.17) is 0 Å². The van der Waals surface area contributed by atoms with Crippen molar-refractivity contribution in [3.63, 3.8) is 0 Å². The Morgan fingerprint density at radius 1 is 1.45 bits per heavy atom. The summed E-state index contributed by atoms with van der Waals surface area (Å²) in [5.74, 6) is 2.57. The first-order valence-electron chi connectivity index (χ1n) is 7.36. The summed E-state index contributed by atoms with van der Waals surface area (Å²) < 4.78 is 0. The topological polar surface area (TPSA) is 20.3 Å². The van der Waals surface area contributed by atoms with Crippen LogP contribution in [0.2, 0.25) is 0 Å². The number of nitrogens with zero attached hydrogens (tertiary/aromatic N) is 1. The van der Waals surface area contributed by atoms with E-state index in [2.05, 4.69) is 26.9 Å². The number of rotatable bonds is 3. The molecule has 1 unspecified atom stereocenters. The van der Waals surface area contributed by atoms with Gasteiger partial charge in [-0.05, 0) is 49.5 Å². The molecule has 0 N–H and O–H groups in total. The number of carbonyl (C=O) groups is 1. The second kappa shape index (κ2) is 6.84. The van der Waals surface area contributed by atoms with Crippen LogP contribution in [0.3, 0.4) is 0 Å². The van der Waals surface area contributed by atoms with Gasteiger partial charge in [-0.25, -0.2) is 0 Å². The first-order chi connectivity index (χ1) is 9.79. The number of carbonyl (C=O) groups excluding carboxylic acids is 1. The molecule has 3 rings (SSSR count). The zero-order valence-electron chi connectivity index (χ0n) is 11.6. The molecule has 2 aliphatic rings. The molecule has 0 aromatic carbocycles. The molecule has 0 bridgehead atoms. The number of likely N-dealkylation sites (tertiary alicyclic amines) is 1. The summed E-state index contributed by atoms with van der Waals surface area (Å²) in [6, 6.07) is 2.60. The van der Waals surface area contributed by atoms with Crippen LogP contribution in [0.5, 0.6) is 0 Å². The van der Waals surface area contributed by atoms with Crippen molar-refractivity contribution in [1.29, 1.82) is 0 Å². The maximum absolute atomic E-state index is 12.8. The predicted octanol–water partition coefficient (Wildman–Crippen LogP) is 4.32. The average Bonchev–Trinajstić information content (AvgIpc) is 2.91. The molecule has 1 aromatic rings. The van der Waals surface area contributed by atoms with Crippen molar-refractivity contribution in [3.8, 4) is 0 Å². The van der Waals surface area contributed by atoms with Crippen LogP contribution in [-0.2, 0) is 12.2 Å². The lowest BCUT2D eigenvalue weighted by Crippen LogP contribution is -2.43. The second-order valence-electron chi connectivity index (χ2n) is 5.49. The van der Waals surface area contributed by atoms with E-state index in [1.807, 2.05) is 11.8 Å². The van der Waals surface area contributed by atoms with Gasteiger partial charge in [0.1, 0.15) is 0 Å². The molecule has 110 valence electrons. The summed E-state index contributed by atoms with van der Waals surface area (Å²) in [6.07, 6.45) is 5.80. The maximum Gasteiger partial charge on any atom is 0.264 e. The molecule has 0 spiro atoms. The van der Waals surface area contributed by atoms with E-state index in [0.29, 0.717) is 6.04 Å². The Morgan fingerprint density at radius 2 is 2.35 bits per heavy atom. The molecule has 1 atom stereocenters. The lowest BCUT2D eigenvalue weighted by molar-refractivity contribution is 0.0615. The van der Waals surface area contributed by atoms with E-state index >= 15 is 0 Å². The molecule has 0 saturated carbocycles. The molecule has 2 aliphatic heterocycles. The van der Waals surface area contributed by atoms with E-state index in [-0.39, 0.29) is 5.91 Å². The number of piperidine rings is 1. The monoisotopic (exact) mass is 373 g/mol. The van der Waals surface area contributed by atoms with Crippen LogP contribution in [0, 0.1) is 0 Å². The van der Waals surface area contributed by atoms with Gasteiger partial charge >= 0.3 is 0 Å². The minimum Gasteiger partial charge on any atom is -0.335 e. The summed E-state index contributed by atoms with van der Waals surface area (Å²) in [7, 11) is 0. The Hall–Kier alpha value is -0.000000000000000167. The first-order valence-corrected chi connectivity index (χ1v) is 10.4. The minimum absolute atomic E-state index is 0.278. The molecule has 20 heavy (non-hydrogen) atoms. The molecule has 3 heterocycles. The van der Waals surface area contributed by atoms with E-state index in [1.165, 1.54) is 22.6 Å². The Kier molecular flexibility index (Phi) is 5.10. The number of alkyl halides is 1. The quantitative estimate of drug-likeness (QED) is 0.735. The third kappa shape index (κ3) is 3.09. The van der Waals surface area contributed by atoms with Crippen molar-refractivity contribution in [2.75, 3.05) is 17.6 Å². The Balaban J connectivity index is 1.78. The molecule has 1 fully saturated rings. The van der Waals surface area contributed by atoms with Gasteiger partial charge in [0.2, 0.25) is 0 Å². The Labute approximate surface area is 137 Å².